The fourth-order valence-corrected chi connectivity index (χ4v) is 1.65. The minimum Gasteiger partial charge on any atom is -0.405 e. The lowest BCUT2D eigenvalue weighted by Crippen LogP contribution is -2.17. The number of hydrogen-bond acceptors (Lipinski definition) is 4. The number of pyridine rings is 1. The average Bonchev–Trinajstić information content (AvgIpc) is 2.38. The summed E-state index contributed by atoms with van der Waals surface area (Å²) >= 11 is 0. The minimum absolute atomic E-state index is 0.0120. The van der Waals surface area contributed by atoms with E-state index in [9.17, 15) is 18.0 Å². The highest BCUT2D eigenvalue weighted by Gasteiger charge is 2.32. The predicted molar refractivity (Wildman–Crippen MR) is 66.2 cm³/mol. The lowest BCUT2D eigenvalue weighted by Gasteiger charge is -2.13. The topological polar surface area (TPSA) is 65.2 Å². The van der Waals surface area contributed by atoms with Crippen LogP contribution in [0.25, 0.3) is 11.1 Å². The summed E-state index contributed by atoms with van der Waals surface area (Å²) in [6.45, 7) is 0. The summed E-state index contributed by atoms with van der Waals surface area (Å²) in [4.78, 5) is 14.6. The van der Waals surface area contributed by atoms with Crippen LogP contribution in [0.3, 0.4) is 0 Å². The molecule has 4 nitrogen and oxygen atoms in total. The Morgan fingerprint density at radius 3 is 2.60 bits per heavy atom. The van der Waals surface area contributed by atoms with Gasteiger partial charge in [-0.1, -0.05) is 18.2 Å². The second kappa shape index (κ2) is 5.20. The maximum Gasteiger partial charge on any atom is 0.573 e. The van der Waals surface area contributed by atoms with E-state index in [0.717, 1.165) is 0 Å². The molecule has 1 aromatic carbocycles. The van der Waals surface area contributed by atoms with E-state index in [0.29, 0.717) is 11.8 Å². The highest BCUT2D eigenvalue weighted by Crippen LogP contribution is 2.33. The van der Waals surface area contributed by atoms with E-state index in [4.69, 9.17) is 5.73 Å². The molecule has 0 aliphatic heterocycles. The van der Waals surface area contributed by atoms with E-state index >= 15 is 0 Å². The van der Waals surface area contributed by atoms with Crippen molar-refractivity contribution < 1.29 is 22.7 Å². The van der Waals surface area contributed by atoms with E-state index in [1.165, 1.54) is 30.5 Å². The van der Waals surface area contributed by atoms with E-state index < -0.39 is 6.36 Å². The van der Waals surface area contributed by atoms with Crippen molar-refractivity contribution in [1.29, 1.82) is 0 Å². The fourth-order valence-electron chi connectivity index (χ4n) is 1.65. The van der Waals surface area contributed by atoms with Gasteiger partial charge in [-0.3, -0.25) is 4.79 Å². The molecule has 104 valence electrons. The van der Waals surface area contributed by atoms with Crippen LogP contribution in [0.1, 0.15) is 10.4 Å². The van der Waals surface area contributed by atoms with Crippen LogP contribution in [0, 0.1) is 0 Å². The van der Waals surface area contributed by atoms with Gasteiger partial charge in [-0.25, -0.2) is 4.98 Å². The van der Waals surface area contributed by atoms with Gasteiger partial charge in [0.25, 0.3) is 0 Å². The molecule has 0 amide bonds. The largest absolute Gasteiger partial charge is 0.573 e. The number of carbonyl (C=O) groups excluding carboxylic acids is 1. The molecule has 2 rings (SSSR count). The number of ether oxygens (including phenoxy) is 1. The standard InChI is InChI=1S/C13H9F3N2O2/c14-13(15,16)20-11-4-2-1-3-10(11)8-5-9(7-19)12(17)18-6-8/h1-7H,(H2,17,18). The van der Waals surface area contributed by atoms with Crippen LogP contribution in [-0.2, 0) is 0 Å². The molecule has 1 heterocycles. The smallest absolute Gasteiger partial charge is 0.405 e. The summed E-state index contributed by atoms with van der Waals surface area (Å²) in [5.41, 5.74) is 6.04. The van der Waals surface area contributed by atoms with Crippen LogP contribution < -0.4 is 10.5 Å². The van der Waals surface area contributed by atoms with Crippen LogP contribution in [0.4, 0.5) is 19.0 Å². The van der Waals surface area contributed by atoms with E-state index in [1.807, 2.05) is 0 Å². The molecule has 2 N–H and O–H groups in total. The molecule has 7 heteroatoms. The SMILES string of the molecule is Nc1ncc(-c2ccccc2OC(F)(F)F)cc1C=O. The van der Waals surface area contributed by atoms with E-state index in [2.05, 4.69) is 9.72 Å². The van der Waals surface area contributed by atoms with Gasteiger partial charge in [-0.2, -0.15) is 0 Å². The summed E-state index contributed by atoms with van der Waals surface area (Å²) in [5, 5.41) is 0. The number of nitrogen functional groups attached to an aromatic ring is 1. The maximum atomic E-state index is 12.3. The van der Waals surface area contributed by atoms with Crippen molar-refractivity contribution >= 4 is 12.1 Å². The van der Waals surface area contributed by atoms with Gasteiger partial charge in [0.05, 0.1) is 5.56 Å². The van der Waals surface area contributed by atoms with Crippen molar-refractivity contribution in [3.8, 4) is 16.9 Å². The molecule has 0 bridgehead atoms. The summed E-state index contributed by atoms with van der Waals surface area (Å²) in [6, 6.07) is 6.93. The first-order valence-corrected chi connectivity index (χ1v) is 5.46. The fraction of sp³-hybridized carbons (Fsp3) is 0.0769. The molecular formula is C13H9F3N2O2. The first kappa shape index (κ1) is 13.9. The quantitative estimate of drug-likeness (QED) is 0.879. The zero-order chi connectivity index (χ0) is 14.8. The molecule has 0 atom stereocenters. The highest BCUT2D eigenvalue weighted by atomic mass is 19.4. The minimum atomic E-state index is -4.80. The van der Waals surface area contributed by atoms with Gasteiger partial charge in [-0.15, -0.1) is 13.2 Å². The molecule has 20 heavy (non-hydrogen) atoms. The number of anilines is 1. The van der Waals surface area contributed by atoms with E-state index in [1.54, 1.807) is 6.07 Å². The summed E-state index contributed by atoms with van der Waals surface area (Å²) in [5.74, 6) is -0.360. The van der Waals surface area contributed by atoms with Crippen molar-refractivity contribution in [2.24, 2.45) is 0 Å². The van der Waals surface area contributed by atoms with Crippen molar-refractivity contribution in [2.45, 2.75) is 6.36 Å². The second-order valence-electron chi connectivity index (χ2n) is 3.86. The molecule has 0 aliphatic carbocycles. The van der Waals surface area contributed by atoms with Gasteiger partial charge in [0.2, 0.25) is 0 Å². The molecule has 0 spiro atoms. The van der Waals surface area contributed by atoms with Crippen LogP contribution in [0.5, 0.6) is 5.75 Å². The maximum absolute atomic E-state index is 12.3. The van der Waals surface area contributed by atoms with Crippen LogP contribution in [0.15, 0.2) is 36.5 Å². The van der Waals surface area contributed by atoms with Crippen molar-refractivity contribution in [2.75, 3.05) is 5.73 Å². The molecule has 0 radical (unpaired) electrons. The number of carbonyl (C=O) groups is 1. The molecule has 0 fully saturated rings. The molecule has 1 aromatic heterocycles. The summed E-state index contributed by atoms with van der Waals surface area (Å²) < 4.78 is 40.9. The van der Waals surface area contributed by atoms with Crippen molar-refractivity contribution in [3.63, 3.8) is 0 Å². The zero-order valence-corrected chi connectivity index (χ0v) is 10.0. The summed E-state index contributed by atoms with van der Waals surface area (Å²) in [7, 11) is 0. The molecule has 0 aliphatic rings. The molecule has 0 saturated heterocycles. The number of nitrogens with two attached hydrogens (primary N) is 1. The Kier molecular flexibility index (Phi) is 3.60. The number of aldehydes is 1. The lowest BCUT2D eigenvalue weighted by molar-refractivity contribution is -0.274. The highest BCUT2D eigenvalue weighted by molar-refractivity contribution is 5.85. The van der Waals surface area contributed by atoms with E-state index in [-0.39, 0.29) is 22.7 Å². The van der Waals surface area contributed by atoms with Crippen molar-refractivity contribution in [1.82, 2.24) is 4.98 Å². The average molecular weight is 282 g/mol. The second-order valence-corrected chi connectivity index (χ2v) is 3.86. The van der Waals surface area contributed by atoms with Gasteiger partial charge >= 0.3 is 6.36 Å². The number of hydrogen-bond donors (Lipinski definition) is 1. The number of benzene rings is 1. The molecule has 2 aromatic rings. The number of halogens is 3. The Hall–Kier alpha value is -2.57. The third-order valence-corrected chi connectivity index (χ3v) is 2.50. The third-order valence-electron chi connectivity index (χ3n) is 2.50. The third kappa shape index (κ3) is 3.05. The number of nitrogens with zero attached hydrogens (tertiary/aromatic N) is 1. The Bertz CT molecular complexity index is 642. The predicted octanol–water partition coefficient (Wildman–Crippen LogP) is 3.04. The number of aromatic nitrogens is 1. The van der Waals surface area contributed by atoms with Gasteiger partial charge < -0.3 is 10.5 Å². The van der Waals surface area contributed by atoms with Crippen molar-refractivity contribution in [3.05, 3.63) is 42.1 Å². The monoisotopic (exact) mass is 282 g/mol. The first-order valence-electron chi connectivity index (χ1n) is 5.46. The molecule has 0 saturated carbocycles. The molecular weight excluding hydrogens is 273 g/mol. The van der Waals surface area contributed by atoms with Gasteiger partial charge in [0.15, 0.2) is 6.29 Å². The van der Waals surface area contributed by atoms with Crippen LogP contribution in [-0.4, -0.2) is 17.6 Å². The normalized spacial score (nSPS) is 11.2. The Balaban J connectivity index is 2.50. The number of para-hydroxylation sites is 1. The Labute approximate surface area is 112 Å². The number of rotatable bonds is 3. The van der Waals surface area contributed by atoms with Crippen LogP contribution >= 0.6 is 0 Å². The Morgan fingerprint density at radius 2 is 1.95 bits per heavy atom. The first-order chi connectivity index (χ1) is 9.40. The zero-order valence-electron chi connectivity index (χ0n) is 10.0. The van der Waals surface area contributed by atoms with Gasteiger partial charge in [-0.05, 0) is 12.1 Å². The molecule has 0 unspecified atom stereocenters. The Morgan fingerprint density at radius 1 is 1.25 bits per heavy atom. The lowest BCUT2D eigenvalue weighted by atomic mass is 10.0. The summed E-state index contributed by atoms with van der Waals surface area (Å²) in [6.07, 6.45) is -3.04. The number of alkyl halides is 3. The van der Waals surface area contributed by atoms with Gasteiger partial charge in [0, 0.05) is 17.3 Å². The van der Waals surface area contributed by atoms with Gasteiger partial charge in [0.1, 0.15) is 11.6 Å². The van der Waals surface area contributed by atoms with Crippen LogP contribution in [0.2, 0.25) is 0 Å².